The van der Waals surface area contributed by atoms with Crippen LogP contribution in [0.4, 0.5) is 11.9 Å². The number of hydrogen-bond acceptors (Lipinski definition) is 10. The van der Waals surface area contributed by atoms with Gasteiger partial charge in [0.05, 0.1) is 0 Å². The Bertz CT molecular complexity index is 1130. The lowest BCUT2D eigenvalue weighted by Gasteiger charge is -2.33. The number of nitrogens with two attached hydrogens (primary N) is 2. The molecule has 0 radical (unpaired) electrons. The van der Waals surface area contributed by atoms with E-state index in [-0.39, 0.29) is 47.7 Å². The predicted molar refractivity (Wildman–Crippen MR) is 132 cm³/mol. The van der Waals surface area contributed by atoms with Gasteiger partial charge in [-0.3, -0.25) is 0 Å². The molecule has 0 amide bonds. The van der Waals surface area contributed by atoms with Gasteiger partial charge in [-0.15, -0.1) is 0 Å². The van der Waals surface area contributed by atoms with Gasteiger partial charge in [0, 0.05) is 5.41 Å². The average molecular weight is 513 g/mol. The number of anilines is 2. The fourth-order valence-electron chi connectivity index (χ4n) is 3.62. The van der Waals surface area contributed by atoms with Crippen LogP contribution in [0.3, 0.4) is 0 Å². The van der Waals surface area contributed by atoms with E-state index in [1.165, 1.54) is 0 Å². The maximum atomic E-state index is 6.00. The van der Waals surface area contributed by atoms with Crippen molar-refractivity contribution >= 4 is 35.1 Å². The lowest BCUT2D eigenvalue weighted by Crippen LogP contribution is -2.40. The van der Waals surface area contributed by atoms with Crippen LogP contribution in [0.25, 0.3) is 0 Å². The van der Waals surface area contributed by atoms with Crippen molar-refractivity contribution in [1.82, 2.24) is 29.9 Å². The second-order valence-electron chi connectivity index (χ2n) is 7.89. The molecule has 12 heteroatoms. The molecule has 0 aliphatic carbocycles. The smallest absolute Gasteiger partial charge is 0.322 e. The van der Waals surface area contributed by atoms with Crippen molar-refractivity contribution in [2.75, 3.05) is 24.7 Å². The van der Waals surface area contributed by atoms with Crippen LogP contribution in [0.15, 0.2) is 60.7 Å². The molecule has 2 aromatic heterocycles. The lowest BCUT2D eigenvalue weighted by atomic mass is 9.77. The minimum absolute atomic E-state index is 0.0143. The Kier molecular flexibility index (Phi) is 7.74. The maximum absolute atomic E-state index is 6.00. The highest BCUT2D eigenvalue weighted by Crippen LogP contribution is 2.30. The number of hydrogen-bond donors (Lipinski definition) is 2. The summed E-state index contributed by atoms with van der Waals surface area (Å²) in [6, 6.07) is 20.0. The first-order chi connectivity index (χ1) is 16.9. The van der Waals surface area contributed by atoms with Crippen molar-refractivity contribution in [1.29, 1.82) is 0 Å². The van der Waals surface area contributed by atoms with Gasteiger partial charge in [0.15, 0.2) is 0 Å². The zero-order valence-electron chi connectivity index (χ0n) is 18.5. The van der Waals surface area contributed by atoms with Crippen molar-refractivity contribution in [2.24, 2.45) is 5.41 Å². The number of benzene rings is 2. The molecule has 35 heavy (non-hydrogen) atoms. The first kappa shape index (κ1) is 24.4. The van der Waals surface area contributed by atoms with Gasteiger partial charge in [-0.2, -0.15) is 29.9 Å². The fourth-order valence-corrected chi connectivity index (χ4v) is 3.94. The zero-order valence-corrected chi connectivity index (χ0v) is 20.0. The number of nitrogens with zero attached hydrogens (tertiary/aromatic N) is 6. The molecule has 4 aromatic rings. The number of ether oxygens (including phenoxy) is 2. The standard InChI is InChI=1S/C23H22Cl2N8O2/c24-17-28-19(26)32-21(30-17)34-13-23(11-15-7-3-1-4-8-15,12-16-9-5-2-6-10-16)14-35-22-31-18(25)29-20(27)33-22/h1-10H,11-14H2,(H2,26,28,30,32)(H2,27,29,31,33). The van der Waals surface area contributed by atoms with E-state index < -0.39 is 5.41 Å². The molecular formula is C23H22Cl2N8O2. The third-order valence-corrected chi connectivity index (χ3v) is 5.41. The summed E-state index contributed by atoms with van der Waals surface area (Å²) in [6.07, 6.45) is 1.18. The van der Waals surface area contributed by atoms with Gasteiger partial charge in [-0.1, -0.05) is 60.7 Å². The molecule has 0 saturated carbocycles. The van der Waals surface area contributed by atoms with Crippen molar-refractivity contribution in [3.63, 3.8) is 0 Å². The Balaban J connectivity index is 1.68. The third-order valence-electron chi connectivity index (χ3n) is 5.07. The molecule has 0 aliphatic rings. The normalized spacial score (nSPS) is 11.3. The first-order valence-electron chi connectivity index (χ1n) is 10.6. The largest absolute Gasteiger partial charge is 0.463 e. The molecular weight excluding hydrogens is 491 g/mol. The molecule has 0 bridgehead atoms. The minimum Gasteiger partial charge on any atom is -0.463 e. The van der Waals surface area contributed by atoms with Crippen LogP contribution in [0.2, 0.25) is 10.6 Å². The second kappa shape index (κ2) is 11.1. The van der Waals surface area contributed by atoms with Crippen molar-refractivity contribution in [2.45, 2.75) is 12.8 Å². The van der Waals surface area contributed by atoms with E-state index in [0.717, 1.165) is 11.1 Å². The highest BCUT2D eigenvalue weighted by Gasteiger charge is 2.34. The van der Waals surface area contributed by atoms with Gasteiger partial charge >= 0.3 is 12.0 Å². The van der Waals surface area contributed by atoms with Crippen molar-refractivity contribution in [3.8, 4) is 12.0 Å². The van der Waals surface area contributed by atoms with E-state index in [9.17, 15) is 0 Å². The highest BCUT2D eigenvalue weighted by atomic mass is 35.5. The Labute approximate surface area is 211 Å². The summed E-state index contributed by atoms with van der Waals surface area (Å²) in [5.41, 5.74) is 13.0. The van der Waals surface area contributed by atoms with Gasteiger partial charge in [0.2, 0.25) is 22.5 Å². The van der Waals surface area contributed by atoms with E-state index in [4.69, 9.17) is 44.1 Å². The summed E-state index contributed by atoms with van der Waals surface area (Å²) in [4.78, 5) is 23.7. The first-order valence-corrected chi connectivity index (χ1v) is 11.3. The second-order valence-corrected chi connectivity index (χ2v) is 8.57. The summed E-state index contributed by atoms with van der Waals surface area (Å²) in [5.74, 6) is -0.0773. The Morgan fingerprint density at radius 3 is 1.37 bits per heavy atom. The van der Waals surface area contributed by atoms with Crippen molar-refractivity contribution in [3.05, 3.63) is 82.4 Å². The van der Waals surface area contributed by atoms with Gasteiger partial charge < -0.3 is 20.9 Å². The molecule has 4 N–H and O–H groups in total. The molecule has 0 atom stereocenters. The van der Waals surface area contributed by atoms with Gasteiger partial charge in [0.25, 0.3) is 0 Å². The quantitative estimate of drug-likeness (QED) is 0.323. The van der Waals surface area contributed by atoms with E-state index >= 15 is 0 Å². The fraction of sp³-hybridized carbons (Fsp3) is 0.217. The molecule has 2 heterocycles. The van der Waals surface area contributed by atoms with E-state index in [0.29, 0.717) is 12.8 Å². The molecule has 0 aliphatic heterocycles. The van der Waals surface area contributed by atoms with Gasteiger partial charge in [-0.05, 0) is 47.2 Å². The van der Waals surface area contributed by atoms with E-state index in [1.807, 2.05) is 60.7 Å². The number of halogens is 2. The van der Waals surface area contributed by atoms with Crippen LogP contribution in [-0.2, 0) is 12.8 Å². The minimum atomic E-state index is -0.621. The van der Waals surface area contributed by atoms with Crippen LogP contribution in [-0.4, -0.2) is 43.1 Å². The summed E-state index contributed by atoms with van der Waals surface area (Å²) in [7, 11) is 0. The molecule has 0 unspecified atom stereocenters. The molecule has 2 aromatic carbocycles. The Hall–Kier alpha value is -3.76. The predicted octanol–water partition coefficient (Wildman–Crippen LogP) is 3.46. The number of rotatable bonds is 10. The third kappa shape index (κ3) is 7.11. The number of aromatic nitrogens is 6. The number of nitrogen functional groups attached to an aromatic ring is 2. The summed E-state index contributed by atoms with van der Waals surface area (Å²) < 4.78 is 12.0. The van der Waals surface area contributed by atoms with E-state index in [2.05, 4.69) is 29.9 Å². The Morgan fingerprint density at radius 1 is 0.600 bits per heavy atom. The Morgan fingerprint density at radius 2 is 1.00 bits per heavy atom. The van der Waals surface area contributed by atoms with E-state index in [1.54, 1.807) is 0 Å². The monoisotopic (exact) mass is 512 g/mol. The van der Waals surface area contributed by atoms with Gasteiger partial charge in [0.1, 0.15) is 13.2 Å². The highest BCUT2D eigenvalue weighted by molar-refractivity contribution is 6.28. The molecule has 4 rings (SSSR count). The summed E-state index contributed by atoms with van der Waals surface area (Å²) in [5, 5.41) is -0.119. The molecule has 0 spiro atoms. The maximum Gasteiger partial charge on any atom is 0.322 e. The van der Waals surface area contributed by atoms with Crippen LogP contribution in [0.5, 0.6) is 12.0 Å². The molecule has 0 saturated heterocycles. The molecule has 10 nitrogen and oxygen atoms in total. The van der Waals surface area contributed by atoms with Crippen LogP contribution in [0.1, 0.15) is 11.1 Å². The molecule has 0 fully saturated rings. The van der Waals surface area contributed by atoms with Crippen LogP contribution < -0.4 is 20.9 Å². The zero-order chi connectivity index (χ0) is 24.7. The molecule has 180 valence electrons. The van der Waals surface area contributed by atoms with Crippen LogP contribution in [0, 0.1) is 5.41 Å². The SMILES string of the molecule is Nc1nc(Cl)nc(OCC(COc2nc(N)nc(Cl)n2)(Cc2ccccc2)Cc2ccccc2)n1. The van der Waals surface area contributed by atoms with Gasteiger partial charge in [-0.25, -0.2) is 0 Å². The average Bonchev–Trinajstić information content (AvgIpc) is 2.82. The topological polar surface area (TPSA) is 148 Å². The van der Waals surface area contributed by atoms with Crippen LogP contribution >= 0.6 is 23.2 Å². The lowest BCUT2D eigenvalue weighted by molar-refractivity contribution is 0.0684. The summed E-state index contributed by atoms with van der Waals surface area (Å²) >= 11 is 11.9. The summed E-state index contributed by atoms with van der Waals surface area (Å²) in [6.45, 7) is 0.315. The van der Waals surface area contributed by atoms with Crippen molar-refractivity contribution < 1.29 is 9.47 Å².